The summed E-state index contributed by atoms with van der Waals surface area (Å²) in [6.45, 7) is 10.1. The van der Waals surface area contributed by atoms with Crippen molar-refractivity contribution in [1.82, 2.24) is 24.9 Å². The molecule has 3 heterocycles. The van der Waals surface area contributed by atoms with Crippen LogP contribution in [0.25, 0.3) is 0 Å². The molecule has 3 rings (SSSR count). The largest absolute Gasteiger partial charge is 0.315 e. The lowest BCUT2D eigenvalue weighted by atomic mass is 10.2. The molecular formula is C14H25BrClN5. The lowest BCUT2D eigenvalue weighted by Gasteiger charge is -2.37. The van der Waals surface area contributed by atoms with Crippen molar-refractivity contribution in [3.8, 4) is 0 Å². The highest BCUT2D eigenvalue weighted by atomic mass is 79.9. The van der Waals surface area contributed by atoms with E-state index in [0.29, 0.717) is 0 Å². The first-order valence-corrected chi connectivity index (χ1v) is 8.29. The van der Waals surface area contributed by atoms with Gasteiger partial charge in [-0.1, -0.05) is 0 Å². The van der Waals surface area contributed by atoms with Crippen molar-refractivity contribution in [1.29, 1.82) is 0 Å². The number of nitrogens with zero attached hydrogens (tertiary/aromatic N) is 4. The molecule has 0 bridgehead atoms. The van der Waals surface area contributed by atoms with E-state index in [1.54, 1.807) is 0 Å². The Bertz CT molecular complexity index is 464. The van der Waals surface area contributed by atoms with Crippen LogP contribution in [-0.4, -0.2) is 64.9 Å². The Kier molecular flexibility index (Phi) is 6.08. The Balaban J connectivity index is 0.00000161. The van der Waals surface area contributed by atoms with Crippen molar-refractivity contribution in [2.24, 2.45) is 7.05 Å². The van der Waals surface area contributed by atoms with Crippen molar-refractivity contribution >= 4 is 28.3 Å². The van der Waals surface area contributed by atoms with Gasteiger partial charge < -0.3 is 5.32 Å². The van der Waals surface area contributed by atoms with Gasteiger partial charge in [0.2, 0.25) is 0 Å². The fraction of sp³-hybridized carbons (Fsp3) is 0.786. The summed E-state index contributed by atoms with van der Waals surface area (Å²) in [5.41, 5.74) is 2.37. The van der Waals surface area contributed by atoms with Crippen LogP contribution in [0.15, 0.2) is 4.47 Å². The predicted octanol–water partition coefficient (Wildman–Crippen LogP) is 1.39. The zero-order valence-electron chi connectivity index (χ0n) is 12.8. The van der Waals surface area contributed by atoms with Gasteiger partial charge in [-0.05, 0) is 35.8 Å². The standard InChI is InChI=1S/C14H24BrN5.ClH/c1-11-14(15)13(18(2)17-11)10-19-5-7-20(8-6-19)12-3-4-16-9-12;/h12,16H,3-10H2,1-2H3;1H. The third-order valence-corrected chi connectivity index (χ3v) is 5.62. The van der Waals surface area contributed by atoms with Crippen LogP contribution in [0.2, 0.25) is 0 Å². The van der Waals surface area contributed by atoms with Gasteiger partial charge in [-0.2, -0.15) is 5.10 Å². The minimum Gasteiger partial charge on any atom is -0.315 e. The first-order valence-electron chi connectivity index (χ1n) is 7.50. The second-order valence-corrected chi connectivity index (χ2v) is 6.72. The van der Waals surface area contributed by atoms with Gasteiger partial charge in [0.1, 0.15) is 0 Å². The molecule has 0 saturated carbocycles. The smallest absolute Gasteiger partial charge is 0.0739 e. The van der Waals surface area contributed by atoms with Gasteiger partial charge in [-0.15, -0.1) is 12.4 Å². The van der Waals surface area contributed by atoms with E-state index in [-0.39, 0.29) is 12.4 Å². The molecule has 2 saturated heterocycles. The van der Waals surface area contributed by atoms with Crippen LogP contribution < -0.4 is 5.32 Å². The van der Waals surface area contributed by atoms with Crippen molar-refractivity contribution in [3.05, 3.63) is 15.9 Å². The quantitative estimate of drug-likeness (QED) is 0.862. The zero-order chi connectivity index (χ0) is 14.1. The highest BCUT2D eigenvalue weighted by molar-refractivity contribution is 9.10. The molecule has 1 aromatic rings. The number of hydrogen-bond acceptors (Lipinski definition) is 4. The summed E-state index contributed by atoms with van der Waals surface area (Å²) < 4.78 is 3.18. The Hall–Kier alpha value is -0.140. The van der Waals surface area contributed by atoms with Gasteiger partial charge in [0.15, 0.2) is 0 Å². The highest BCUT2D eigenvalue weighted by Gasteiger charge is 2.26. The fourth-order valence-corrected chi connectivity index (χ4v) is 3.76. The summed E-state index contributed by atoms with van der Waals surface area (Å²) in [6.07, 6.45) is 1.31. The molecule has 2 aliphatic heterocycles. The lowest BCUT2D eigenvalue weighted by molar-refractivity contribution is 0.0964. The monoisotopic (exact) mass is 377 g/mol. The molecular weight excluding hydrogens is 354 g/mol. The van der Waals surface area contributed by atoms with Gasteiger partial charge in [0, 0.05) is 52.4 Å². The van der Waals surface area contributed by atoms with Crippen LogP contribution in [0.4, 0.5) is 0 Å². The van der Waals surface area contributed by atoms with Crippen molar-refractivity contribution in [3.63, 3.8) is 0 Å². The summed E-state index contributed by atoms with van der Waals surface area (Å²) in [4.78, 5) is 5.19. The second kappa shape index (κ2) is 7.42. The minimum atomic E-state index is 0. The molecule has 1 atom stereocenters. The van der Waals surface area contributed by atoms with Crippen molar-refractivity contribution in [2.45, 2.75) is 25.9 Å². The molecule has 2 fully saturated rings. The molecule has 1 unspecified atom stereocenters. The Morgan fingerprint density at radius 2 is 2.00 bits per heavy atom. The number of aromatic nitrogens is 2. The van der Waals surface area contributed by atoms with Crippen molar-refractivity contribution < 1.29 is 0 Å². The van der Waals surface area contributed by atoms with Gasteiger partial charge in [0.05, 0.1) is 15.9 Å². The van der Waals surface area contributed by atoms with E-state index in [4.69, 9.17) is 0 Å². The molecule has 5 nitrogen and oxygen atoms in total. The average molecular weight is 379 g/mol. The van der Waals surface area contributed by atoms with Crippen LogP contribution in [-0.2, 0) is 13.6 Å². The summed E-state index contributed by atoms with van der Waals surface area (Å²) >= 11 is 3.66. The molecule has 2 aliphatic rings. The lowest BCUT2D eigenvalue weighted by Crippen LogP contribution is -2.50. The average Bonchev–Trinajstić information content (AvgIpc) is 3.05. The van der Waals surface area contributed by atoms with E-state index < -0.39 is 0 Å². The summed E-state index contributed by atoms with van der Waals surface area (Å²) in [5.74, 6) is 0. The fourth-order valence-electron chi connectivity index (χ4n) is 3.30. The second-order valence-electron chi connectivity index (χ2n) is 5.93. The summed E-state index contributed by atoms with van der Waals surface area (Å²) in [7, 11) is 2.04. The molecule has 0 amide bonds. The third-order valence-electron chi connectivity index (χ3n) is 4.59. The Morgan fingerprint density at radius 3 is 2.52 bits per heavy atom. The van der Waals surface area contributed by atoms with E-state index in [1.165, 1.54) is 42.8 Å². The topological polar surface area (TPSA) is 36.3 Å². The number of halogens is 2. The van der Waals surface area contributed by atoms with Crippen molar-refractivity contribution in [2.75, 3.05) is 39.3 Å². The third kappa shape index (κ3) is 3.79. The number of aryl methyl sites for hydroxylation is 2. The molecule has 7 heteroatoms. The van der Waals surface area contributed by atoms with E-state index >= 15 is 0 Å². The van der Waals surface area contributed by atoms with Crippen LogP contribution in [0.1, 0.15) is 17.8 Å². The van der Waals surface area contributed by atoms with Crippen LogP contribution >= 0.6 is 28.3 Å². The molecule has 1 aromatic heterocycles. The highest BCUT2D eigenvalue weighted by Crippen LogP contribution is 2.22. The van der Waals surface area contributed by atoms with Gasteiger partial charge in [-0.3, -0.25) is 14.5 Å². The molecule has 0 spiro atoms. The maximum absolute atomic E-state index is 4.48. The zero-order valence-corrected chi connectivity index (χ0v) is 15.2. The molecule has 0 aromatic carbocycles. The SMILES string of the molecule is Cc1nn(C)c(CN2CCN(C3CCNC3)CC2)c1Br.Cl. The van der Waals surface area contributed by atoms with Gasteiger partial charge in [-0.25, -0.2) is 0 Å². The maximum atomic E-state index is 4.48. The molecule has 1 N–H and O–H groups in total. The Labute approximate surface area is 141 Å². The first-order chi connectivity index (χ1) is 9.65. The normalized spacial score (nSPS) is 24.2. The molecule has 21 heavy (non-hydrogen) atoms. The summed E-state index contributed by atoms with van der Waals surface area (Å²) in [6, 6.07) is 0.767. The molecule has 0 radical (unpaired) electrons. The van der Waals surface area contributed by atoms with Crippen LogP contribution in [0, 0.1) is 6.92 Å². The Morgan fingerprint density at radius 1 is 1.29 bits per heavy atom. The first kappa shape index (κ1) is 17.2. The predicted molar refractivity (Wildman–Crippen MR) is 91.0 cm³/mol. The minimum absolute atomic E-state index is 0. The van der Waals surface area contributed by atoms with Crippen LogP contribution in [0.5, 0.6) is 0 Å². The number of hydrogen-bond donors (Lipinski definition) is 1. The van der Waals surface area contributed by atoms with Crippen LogP contribution in [0.3, 0.4) is 0 Å². The number of rotatable bonds is 3. The van der Waals surface area contributed by atoms with Gasteiger partial charge >= 0.3 is 0 Å². The van der Waals surface area contributed by atoms with Gasteiger partial charge in [0.25, 0.3) is 0 Å². The number of piperazine rings is 1. The van der Waals surface area contributed by atoms with E-state index in [0.717, 1.165) is 31.4 Å². The summed E-state index contributed by atoms with van der Waals surface area (Å²) in [5, 5.41) is 7.94. The molecule has 120 valence electrons. The van der Waals surface area contributed by atoms with E-state index in [2.05, 4.69) is 43.1 Å². The molecule has 0 aliphatic carbocycles. The number of nitrogens with one attached hydrogen (secondary N) is 1. The van der Waals surface area contributed by atoms with E-state index in [9.17, 15) is 0 Å². The maximum Gasteiger partial charge on any atom is 0.0739 e. The van der Waals surface area contributed by atoms with E-state index in [1.807, 2.05) is 11.7 Å².